The van der Waals surface area contributed by atoms with Gasteiger partial charge in [0.25, 0.3) is 5.91 Å². The van der Waals surface area contributed by atoms with E-state index in [4.69, 9.17) is 23.4 Å². The van der Waals surface area contributed by atoms with Crippen molar-refractivity contribution in [3.05, 3.63) is 108 Å². The number of allylic oxidation sites excluding steroid dienone is 1. The van der Waals surface area contributed by atoms with Gasteiger partial charge in [0.1, 0.15) is 5.52 Å². The van der Waals surface area contributed by atoms with Crippen LogP contribution in [0, 0.1) is 0 Å². The molecule has 2 aliphatic heterocycles. The molecule has 0 saturated carbocycles. The normalized spacial score (nSPS) is 18.8. The van der Waals surface area contributed by atoms with E-state index >= 15 is 0 Å². The van der Waals surface area contributed by atoms with Gasteiger partial charge in [-0.1, -0.05) is 60.7 Å². The number of carboxylic acid groups (broad SMARTS) is 3. The van der Waals surface area contributed by atoms with Crippen LogP contribution >= 0.6 is 0 Å². The van der Waals surface area contributed by atoms with Crippen LogP contribution in [0.2, 0.25) is 0 Å². The van der Waals surface area contributed by atoms with Crippen LogP contribution in [0.1, 0.15) is 36.3 Å². The van der Waals surface area contributed by atoms with Gasteiger partial charge in [-0.3, -0.25) is 4.79 Å². The number of oxazole rings is 1. The molecule has 7 rings (SSSR count). The molecule has 0 spiro atoms. The van der Waals surface area contributed by atoms with Crippen molar-refractivity contribution in [2.24, 2.45) is 0 Å². The summed E-state index contributed by atoms with van der Waals surface area (Å²) in [7, 11) is 0. The molecule has 5 aromatic rings. The lowest BCUT2D eigenvalue weighted by Crippen LogP contribution is -2.51. The number of carbonyl (C=O) groups excluding carboxylic acids is 1. The number of carbonyl (C=O) groups is 4. The van der Waals surface area contributed by atoms with Crippen molar-refractivity contribution < 1.29 is 57.9 Å². The molecule has 1 fully saturated rings. The summed E-state index contributed by atoms with van der Waals surface area (Å²) in [6.07, 6.45) is -0.511. The average Bonchev–Trinajstić information content (AvgIpc) is 3.89. The van der Waals surface area contributed by atoms with Crippen LogP contribution in [-0.2, 0) is 35.2 Å². The standard InChI is InChI=1S/C38H32N2O12/c1-21(26(25-15-16-29-30(18-25)49-20-48-29)9-6-12-31-39-27-10-4-5-11-28(27)50-31)40(19-22-13-14-23-7-2-3-8-24(23)17-22)34(41)32-33(35(42)43)52-38(51-32,36(44)45)37(46)47/h2-8,10-18,21,26,32-33H,9,19-20H2,1H3,(H,42,43)(H,44,45)(H,46,47)/b12-6+/t21-,26-,32+,33-/m1/s1. The van der Waals surface area contributed by atoms with Crippen molar-refractivity contribution in [3.8, 4) is 11.5 Å². The van der Waals surface area contributed by atoms with Crippen molar-refractivity contribution in [2.75, 3.05) is 6.79 Å². The number of ether oxygens (including phenoxy) is 4. The third-order valence-corrected chi connectivity index (χ3v) is 9.22. The smallest absolute Gasteiger partial charge is 0.377 e. The molecule has 1 aromatic heterocycles. The second kappa shape index (κ2) is 13.8. The Bertz CT molecular complexity index is 2180. The Hall–Kier alpha value is -6.25. The van der Waals surface area contributed by atoms with E-state index in [0.29, 0.717) is 40.5 Å². The van der Waals surface area contributed by atoms with Crippen LogP contribution in [-0.4, -0.2) is 79.8 Å². The van der Waals surface area contributed by atoms with E-state index in [0.717, 1.165) is 16.3 Å². The fraction of sp³-hybridized carbons (Fsp3) is 0.237. The van der Waals surface area contributed by atoms with Crippen LogP contribution in [0.5, 0.6) is 11.5 Å². The van der Waals surface area contributed by atoms with Crippen LogP contribution in [0.3, 0.4) is 0 Å². The summed E-state index contributed by atoms with van der Waals surface area (Å²) in [6.45, 7) is 1.71. The van der Waals surface area contributed by atoms with E-state index in [1.54, 1.807) is 31.2 Å². The van der Waals surface area contributed by atoms with Gasteiger partial charge in [0.2, 0.25) is 12.7 Å². The number of nitrogens with zero attached hydrogens (tertiary/aromatic N) is 2. The van der Waals surface area contributed by atoms with Gasteiger partial charge >= 0.3 is 23.7 Å². The Balaban J connectivity index is 1.29. The van der Waals surface area contributed by atoms with Gasteiger partial charge in [-0.05, 0) is 71.7 Å². The number of aromatic nitrogens is 1. The molecular weight excluding hydrogens is 676 g/mol. The van der Waals surface area contributed by atoms with Crippen LogP contribution in [0.15, 0.2) is 95.4 Å². The van der Waals surface area contributed by atoms with Crippen molar-refractivity contribution in [2.45, 2.75) is 49.8 Å². The van der Waals surface area contributed by atoms with Crippen molar-refractivity contribution in [1.82, 2.24) is 9.88 Å². The summed E-state index contributed by atoms with van der Waals surface area (Å²) < 4.78 is 27.3. The second-order valence-electron chi connectivity index (χ2n) is 12.4. The maximum Gasteiger partial charge on any atom is 0.377 e. The molecule has 3 heterocycles. The zero-order valence-corrected chi connectivity index (χ0v) is 27.6. The minimum Gasteiger partial charge on any atom is -0.479 e. The van der Waals surface area contributed by atoms with Crippen LogP contribution in [0.4, 0.5) is 0 Å². The molecule has 1 amide bonds. The van der Waals surface area contributed by atoms with E-state index in [1.807, 2.05) is 72.8 Å². The monoisotopic (exact) mass is 708 g/mol. The lowest BCUT2D eigenvalue weighted by atomic mass is 9.87. The van der Waals surface area contributed by atoms with Crippen molar-refractivity contribution >= 4 is 51.8 Å². The molecule has 3 N–H and O–H groups in total. The first-order valence-corrected chi connectivity index (χ1v) is 16.3. The quantitative estimate of drug-likeness (QED) is 0.146. The summed E-state index contributed by atoms with van der Waals surface area (Å²) in [5, 5.41) is 31.4. The first-order chi connectivity index (χ1) is 25.0. The Morgan fingerprint density at radius 1 is 0.865 bits per heavy atom. The Kier molecular flexibility index (Phi) is 9.09. The maximum absolute atomic E-state index is 14.6. The van der Waals surface area contributed by atoms with E-state index < -0.39 is 53.8 Å². The molecule has 0 radical (unpaired) electrons. The maximum atomic E-state index is 14.6. The van der Waals surface area contributed by atoms with E-state index in [1.165, 1.54) is 4.90 Å². The Morgan fingerprint density at radius 2 is 1.58 bits per heavy atom. The molecule has 52 heavy (non-hydrogen) atoms. The van der Waals surface area contributed by atoms with E-state index in [-0.39, 0.29) is 13.3 Å². The zero-order valence-electron chi connectivity index (χ0n) is 27.6. The van der Waals surface area contributed by atoms with Crippen LogP contribution in [0.25, 0.3) is 27.9 Å². The molecule has 0 bridgehead atoms. The molecule has 4 atom stereocenters. The van der Waals surface area contributed by atoms with Gasteiger partial charge in [0.05, 0.1) is 0 Å². The number of para-hydroxylation sites is 2. The number of amides is 1. The molecule has 0 unspecified atom stereocenters. The predicted molar refractivity (Wildman–Crippen MR) is 182 cm³/mol. The number of fused-ring (bicyclic) bond motifs is 3. The first-order valence-electron chi connectivity index (χ1n) is 16.3. The molecule has 14 heteroatoms. The highest BCUT2D eigenvalue weighted by Crippen LogP contribution is 2.39. The molecule has 2 aliphatic rings. The SMILES string of the molecule is C[C@H]([C@@H](C/C=C/c1nc2ccccc2o1)c1ccc2c(c1)OCO2)N(Cc1ccc2ccccc2c1)C(=O)[C@H]1OC(C(=O)O)(C(=O)O)O[C@H]1C(=O)O. The molecular formula is C38H32N2O12. The lowest BCUT2D eigenvalue weighted by molar-refractivity contribution is -0.221. The van der Waals surface area contributed by atoms with E-state index in [2.05, 4.69) is 4.98 Å². The Morgan fingerprint density at radius 3 is 2.33 bits per heavy atom. The number of aliphatic carboxylic acids is 3. The van der Waals surface area contributed by atoms with Crippen molar-refractivity contribution in [1.29, 1.82) is 0 Å². The summed E-state index contributed by atoms with van der Waals surface area (Å²) >= 11 is 0. The number of rotatable bonds is 12. The highest BCUT2D eigenvalue weighted by Gasteiger charge is 2.64. The number of hydrogen-bond acceptors (Lipinski definition) is 10. The minimum atomic E-state index is -3.42. The largest absolute Gasteiger partial charge is 0.479 e. The summed E-state index contributed by atoms with van der Waals surface area (Å²) in [5.41, 5.74) is 2.69. The second-order valence-corrected chi connectivity index (χ2v) is 12.4. The summed E-state index contributed by atoms with van der Waals surface area (Å²) in [4.78, 5) is 57.0. The summed E-state index contributed by atoms with van der Waals surface area (Å²) in [6, 6.07) is 25.1. The number of carboxylic acids is 3. The van der Waals surface area contributed by atoms with Gasteiger partial charge in [-0.25, -0.2) is 19.4 Å². The van der Waals surface area contributed by atoms with Gasteiger partial charge in [0.15, 0.2) is 29.3 Å². The van der Waals surface area contributed by atoms with Crippen molar-refractivity contribution in [3.63, 3.8) is 0 Å². The average molecular weight is 709 g/mol. The third-order valence-electron chi connectivity index (χ3n) is 9.22. The molecule has 4 aromatic carbocycles. The highest BCUT2D eigenvalue weighted by atomic mass is 16.8. The lowest BCUT2D eigenvalue weighted by Gasteiger charge is -2.36. The predicted octanol–water partition coefficient (Wildman–Crippen LogP) is 5.05. The van der Waals surface area contributed by atoms with Gasteiger partial charge in [-0.15, -0.1) is 0 Å². The number of hydrogen-bond donors (Lipinski definition) is 3. The fourth-order valence-corrected chi connectivity index (χ4v) is 6.53. The van der Waals surface area contributed by atoms with Gasteiger partial charge in [0, 0.05) is 18.5 Å². The van der Waals surface area contributed by atoms with Gasteiger partial charge in [-0.2, -0.15) is 0 Å². The van der Waals surface area contributed by atoms with Crippen LogP contribution < -0.4 is 9.47 Å². The third kappa shape index (κ3) is 6.40. The summed E-state index contributed by atoms with van der Waals surface area (Å²) in [5.74, 6) is -9.50. The molecule has 266 valence electrons. The molecule has 14 nitrogen and oxygen atoms in total. The minimum absolute atomic E-state index is 0.0354. The highest BCUT2D eigenvalue weighted by molar-refractivity contribution is 6.02. The molecule has 0 aliphatic carbocycles. The Labute approximate surface area is 295 Å². The number of benzene rings is 4. The first kappa shape index (κ1) is 34.2. The topological polar surface area (TPSA) is 195 Å². The molecule has 1 saturated heterocycles. The fourth-order valence-electron chi connectivity index (χ4n) is 6.53. The zero-order chi connectivity index (χ0) is 36.6. The van der Waals surface area contributed by atoms with E-state index in [9.17, 15) is 34.5 Å². The van der Waals surface area contributed by atoms with Gasteiger partial charge < -0.3 is 43.6 Å².